The normalized spacial score (nSPS) is 39.9. The van der Waals surface area contributed by atoms with Crippen molar-refractivity contribution in [3.63, 3.8) is 0 Å². The Kier molecular flexibility index (Phi) is 6.31. The molecule has 0 aromatic carbocycles. The fourth-order valence-corrected chi connectivity index (χ4v) is 4.21. The van der Waals surface area contributed by atoms with E-state index in [0.29, 0.717) is 12.1 Å². The predicted molar refractivity (Wildman–Crippen MR) is 85.0 cm³/mol. The zero-order chi connectivity index (χ0) is 14.5. The van der Waals surface area contributed by atoms with E-state index in [4.69, 9.17) is 4.74 Å². The number of hydrogen-bond donors (Lipinski definition) is 1. The van der Waals surface area contributed by atoms with Crippen molar-refractivity contribution < 1.29 is 4.74 Å². The Hall–Kier alpha value is -0.120. The van der Waals surface area contributed by atoms with Gasteiger partial charge in [0.15, 0.2) is 0 Å². The van der Waals surface area contributed by atoms with Gasteiger partial charge in [-0.05, 0) is 43.6 Å². The van der Waals surface area contributed by atoms with E-state index in [2.05, 4.69) is 37.9 Å². The second-order valence-electron chi connectivity index (χ2n) is 7.04. The summed E-state index contributed by atoms with van der Waals surface area (Å²) in [7, 11) is 0. The molecular weight excluding hydrogens is 248 g/mol. The Labute approximate surface area is 125 Å². The van der Waals surface area contributed by atoms with Crippen LogP contribution in [-0.2, 0) is 4.74 Å². The van der Waals surface area contributed by atoms with Gasteiger partial charge in [0.2, 0.25) is 0 Å². The summed E-state index contributed by atoms with van der Waals surface area (Å²) in [5.74, 6) is 2.52. The molecule has 0 spiro atoms. The van der Waals surface area contributed by atoms with Crippen molar-refractivity contribution in [3.05, 3.63) is 0 Å². The summed E-state index contributed by atoms with van der Waals surface area (Å²) in [5, 5.41) is 3.75. The van der Waals surface area contributed by atoms with Crippen molar-refractivity contribution in [3.8, 4) is 0 Å². The highest BCUT2D eigenvalue weighted by Gasteiger charge is 2.35. The first-order valence-corrected chi connectivity index (χ1v) is 8.71. The average molecular weight is 282 g/mol. The van der Waals surface area contributed by atoms with Crippen molar-refractivity contribution in [1.82, 2.24) is 10.2 Å². The molecule has 20 heavy (non-hydrogen) atoms. The highest BCUT2D eigenvalue weighted by Crippen LogP contribution is 2.34. The Morgan fingerprint density at radius 3 is 2.70 bits per heavy atom. The van der Waals surface area contributed by atoms with Gasteiger partial charge in [-0.3, -0.25) is 4.90 Å². The van der Waals surface area contributed by atoms with E-state index in [9.17, 15) is 0 Å². The van der Waals surface area contributed by atoms with E-state index in [-0.39, 0.29) is 0 Å². The summed E-state index contributed by atoms with van der Waals surface area (Å²) in [6, 6.07) is 0.710. The summed E-state index contributed by atoms with van der Waals surface area (Å²) in [5.41, 5.74) is 0. The molecule has 3 nitrogen and oxygen atoms in total. The number of ether oxygens (including phenoxy) is 1. The van der Waals surface area contributed by atoms with Crippen molar-refractivity contribution >= 4 is 0 Å². The number of nitrogens with one attached hydrogen (secondary N) is 1. The van der Waals surface area contributed by atoms with Gasteiger partial charge in [0.1, 0.15) is 0 Å². The van der Waals surface area contributed by atoms with Gasteiger partial charge in [0.05, 0.1) is 12.7 Å². The Bertz CT molecular complexity index is 284. The molecule has 3 heteroatoms. The van der Waals surface area contributed by atoms with Crippen LogP contribution in [0.4, 0.5) is 0 Å². The molecule has 118 valence electrons. The summed E-state index contributed by atoms with van der Waals surface area (Å²) < 4.78 is 5.81. The molecule has 2 rings (SSSR count). The number of hydrogen-bond acceptors (Lipinski definition) is 3. The van der Waals surface area contributed by atoms with E-state index >= 15 is 0 Å². The maximum atomic E-state index is 5.81. The summed E-state index contributed by atoms with van der Waals surface area (Å²) >= 11 is 0. The molecule has 1 saturated heterocycles. The molecule has 5 unspecified atom stereocenters. The molecule has 0 bridgehead atoms. The lowest BCUT2D eigenvalue weighted by atomic mass is 9.72. The third-order valence-electron chi connectivity index (χ3n) is 5.29. The maximum absolute atomic E-state index is 5.81. The van der Waals surface area contributed by atoms with Crippen LogP contribution in [0.25, 0.3) is 0 Å². The van der Waals surface area contributed by atoms with Crippen LogP contribution < -0.4 is 5.32 Å². The van der Waals surface area contributed by atoms with Gasteiger partial charge >= 0.3 is 0 Å². The quantitative estimate of drug-likeness (QED) is 0.839. The van der Waals surface area contributed by atoms with Crippen LogP contribution in [-0.4, -0.2) is 49.8 Å². The molecule has 2 aliphatic rings. The Morgan fingerprint density at radius 2 is 2.00 bits per heavy atom. The van der Waals surface area contributed by atoms with Gasteiger partial charge in [0, 0.05) is 25.7 Å². The van der Waals surface area contributed by atoms with Crippen LogP contribution in [0.2, 0.25) is 0 Å². The lowest BCUT2D eigenvalue weighted by Crippen LogP contribution is -2.52. The van der Waals surface area contributed by atoms with Crippen LogP contribution in [0.5, 0.6) is 0 Å². The standard InChI is InChI=1S/C17H34N2O/c1-5-15-11-19(7-8-20-15)12-16-14(4)9-13(3)10-17(16)18-6-2/h13-18H,5-12H2,1-4H3. The van der Waals surface area contributed by atoms with E-state index in [1.165, 1.54) is 19.4 Å². The first-order valence-electron chi connectivity index (χ1n) is 8.71. The second-order valence-corrected chi connectivity index (χ2v) is 7.04. The van der Waals surface area contributed by atoms with Crippen LogP contribution >= 0.6 is 0 Å². The number of morpholine rings is 1. The van der Waals surface area contributed by atoms with Gasteiger partial charge in [-0.15, -0.1) is 0 Å². The fraction of sp³-hybridized carbons (Fsp3) is 1.00. The van der Waals surface area contributed by atoms with E-state index in [1.807, 2.05) is 0 Å². The molecule has 0 aromatic heterocycles. The number of rotatable bonds is 5. The molecular formula is C17H34N2O. The van der Waals surface area contributed by atoms with E-state index in [0.717, 1.165) is 50.4 Å². The summed E-state index contributed by atoms with van der Waals surface area (Å²) in [6.07, 6.45) is 4.35. The minimum Gasteiger partial charge on any atom is -0.376 e. The summed E-state index contributed by atoms with van der Waals surface area (Å²) in [4.78, 5) is 2.65. The van der Waals surface area contributed by atoms with Crippen molar-refractivity contribution in [2.24, 2.45) is 17.8 Å². The third kappa shape index (κ3) is 4.19. The molecule has 0 aromatic rings. The topological polar surface area (TPSA) is 24.5 Å². The third-order valence-corrected chi connectivity index (χ3v) is 5.29. The Morgan fingerprint density at radius 1 is 1.20 bits per heavy atom. The van der Waals surface area contributed by atoms with E-state index in [1.54, 1.807) is 0 Å². The molecule has 1 aliphatic heterocycles. The molecule has 0 radical (unpaired) electrons. The molecule has 0 amide bonds. The van der Waals surface area contributed by atoms with Crippen LogP contribution in [0.15, 0.2) is 0 Å². The summed E-state index contributed by atoms with van der Waals surface area (Å²) in [6.45, 7) is 14.9. The van der Waals surface area contributed by atoms with Crippen molar-refractivity contribution in [2.75, 3.05) is 32.8 Å². The Balaban J connectivity index is 1.93. The van der Waals surface area contributed by atoms with Crippen LogP contribution in [0.1, 0.15) is 47.0 Å². The fourth-order valence-electron chi connectivity index (χ4n) is 4.21. The zero-order valence-electron chi connectivity index (χ0n) is 13.9. The van der Waals surface area contributed by atoms with Crippen molar-refractivity contribution in [2.45, 2.75) is 59.1 Å². The molecule has 1 saturated carbocycles. The molecule has 1 N–H and O–H groups in total. The first-order chi connectivity index (χ1) is 9.63. The number of nitrogens with zero attached hydrogens (tertiary/aromatic N) is 1. The first kappa shape index (κ1) is 16.3. The van der Waals surface area contributed by atoms with Gasteiger partial charge in [-0.25, -0.2) is 0 Å². The lowest BCUT2D eigenvalue weighted by Gasteiger charge is -2.44. The lowest BCUT2D eigenvalue weighted by molar-refractivity contribution is -0.0417. The predicted octanol–water partition coefficient (Wildman–Crippen LogP) is 2.76. The average Bonchev–Trinajstić information content (AvgIpc) is 2.43. The maximum Gasteiger partial charge on any atom is 0.0700 e. The highest BCUT2D eigenvalue weighted by atomic mass is 16.5. The SMILES string of the molecule is CCNC1CC(C)CC(C)C1CN1CCOC(CC)C1. The van der Waals surface area contributed by atoms with Crippen LogP contribution in [0, 0.1) is 17.8 Å². The van der Waals surface area contributed by atoms with Crippen molar-refractivity contribution in [1.29, 1.82) is 0 Å². The van der Waals surface area contributed by atoms with Gasteiger partial charge < -0.3 is 10.1 Å². The van der Waals surface area contributed by atoms with Gasteiger partial charge in [-0.1, -0.05) is 27.7 Å². The monoisotopic (exact) mass is 282 g/mol. The highest BCUT2D eigenvalue weighted by molar-refractivity contribution is 4.90. The molecule has 2 fully saturated rings. The molecule has 5 atom stereocenters. The molecule has 1 heterocycles. The zero-order valence-corrected chi connectivity index (χ0v) is 13.9. The van der Waals surface area contributed by atoms with Gasteiger partial charge in [0.25, 0.3) is 0 Å². The van der Waals surface area contributed by atoms with E-state index < -0.39 is 0 Å². The smallest absolute Gasteiger partial charge is 0.0700 e. The minimum atomic E-state index is 0.458. The van der Waals surface area contributed by atoms with Gasteiger partial charge in [-0.2, -0.15) is 0 Å². The minimum absolute atomic E-state index is 0.458. The molecule has 1 aliphatic carbocycles. The second kappa shape index (κ2) is 7.77. The largest absolute Gasteiger partial charge is 0.376 e. The van der Waals surface area contributed by atoms with Crippen LogP contribution in [0.3, 0.4) is 0 Å².